The van der Waals surface area contributed by atoms with Gasteiger partial charge >= 0.3 is 6.09 Å². The number of aromatic amines is 1. The fourth-order valence-electron chi connectivity index (χ4n) is 4.01. The molecule has 3 aromatic rings. The first-order chi connectivity index (χ1) is 14.0. The van der Waals surface area contributed by atoms with Gasteiger partial charge in [-0.05, 0) is 45.1 Å². The smallest absolute Gasteiger partial charge is 0.407 e. The maximum absolute atomic E-state index is 12.0. The van der Waals surface area contributed by atoms with Gasteiger partial charge in [-0.15, -0.1) is 0 Å². The number of fused-ring (bicyclic) bond motifs is 1. The van der Waals surface area contributed by atoms with Gasteiger partial charge in [0.05, 0.1) is 6.20 Å². The van der Waals surface area contributed by atoms with E-state index in [9.17, 15) is 4.79 Å². The molecule has 29 heavy (non-hydrogen) atoms. The van der Waals surface area contributed by atoms with E-state index in [1.807, 2.05) is 32.3 Å². The SMILES string of the molecule is Cn1ncc2ccnc(Nc3cc(C4CCC(OC(=O)NC5(C)CC5)C4)[nH]n3)c21. The lowest BCUT2D eigenvalue weighted by Gasteiger charge is -2.16. The minimum Gasteiger partial charge on any atom is -0.446 e. The lowest BCUT2D eigenvalue weighted by molar-refractivity contribution is 0.0967. The summed E-state index contributed by atoms with van der Waals surface area (Å²) >= 11 is 0. The van der Waals surface area contributed by atoms with Crippen LogP contribution in [0.1, 0.15) is 50.6 Å². The van der Waals surface area contributed by atoms with Gasteiger partial charge in [-0.25, -0.2) is 9.78 Å². The molecule has 1 amide bonds. The number of amides is 1. The molecular formula is C20H25N7O2. The quantitative estimate of drug-likeness (QED) is 0.611. The molecule has 3 aromatic heterocycles. The number of alkyl carbamates (subject to hydrolysis) is 1. The average Bonchev–Trinajstić information content (AvgIpc) is 3.10. The second kappa shape index (κ2) is 6.75. The van der Waals surface area contributed by atoms with E-state index in [4.69, 9.17) is 4.74 Å². The number of anilines is 2. The molecular weight excluding hydrogens is 370 g/mol. The number of hydrogen-bond acceptors (Lipinski definition) is 6. The first kappa shape index (κ1) is 18.0. The third-order valence-corrected chi connectivity index (χ3v) is 6.00. The van der Waals surface area contributed by atoms with Gasteiger partial charge in [-0.2, -0.15) is 10.2 Å². The van der Waals surface area contributed by atoms with E-state index in [0.717, 1.165) is 54.5 Å². The van der Waals surface area contributed by atoms with Crippen LogP contribution in [0.4, 0.5) is 16.4 Å². The summed E-state index contributed by atoms with van der Waals surface area (Å²) in [7, 11) is 1.89. The van der Waals surface area contributed by atoms with Crippen LogP contribution in [-0.4, -0.2) is 42.7 Å². The summed E-state index contributed by atoms with van der Waals surface area (Å²) in [6.45, 7) is 2.05. The zero-order chi connectivity index (χ0) is 20.0. The Morgan fingerprint density at radius 1 is 1.38 bits per heavy atom. The van der Waals surface area contributed by atoms with Crippen molar-refractivity contribution in [2.75, 3.05) is 5.32 Å². The average molecular weight is 395 g/mol. The third kappa shape index (κ3) is 3.64. The summed E-state index contributed by atoms with van der Waals surface area (Å²) in [4.78, 5) is 16.5. The van der Waals surface area contributed by atoms with Crippen LogP contribution in [0.15, 0.2) is 24.5 Å². The highest BCUT2D eigenvalue weighted by Gasteiger charge is 2.40. The van der Waals surface area contributed by atoms with Gasteiger partial charge in [-0.3, -0.25) is 9.78 Å². The van der Waals surface area contributed by atoms with Crippen molar-refractivity contribution in [3.63, 3.8) is 0 Å². The van der Waals surface area contributed by atoms with Crippen LogP contribution in [0.5, 0.6) is 0 Å². The Morgan fingerprint density at radius 2 is 2.24 bits per heavy atom. The van der Waals surface area contributed by atoms with Gasteiger partial charge in [0, 0.05) is 41.8 Å². The van der Waals surface area contributed by atoms with Crippen LogP contribution in [0.2, 0.25) is 0 Å². The molecule has 0 bridgehead atoms. The predicted octanol–water partition coefficient (Wildman–Crippen LogP) is 3.35. The van der Waals surface area contributed by atoms with Crippen LogP contribution in [-0.2, 0) is 11.8 Å². The number of carbonyl (C=O) groups is 1. The normalized spacial score (nSPS) is 22.6. The summed E-state index contributed by atoms with van der Waals surface area (Å²) in [6.07, 6.45) is 7.93. The van der Waals surface area contributed by atoms with Gasteiger partial charge in [0.15, 0.2) is 11.6 Å². The minimum absolute atomic E-state index is 0.0492. The second-order valence-electron chi connectivity index (χ2n) is 8.42. The Hall–Kier alpha value is -3.10. The van der Waals surface area contributed by atoms with Gasteiger partial charge in [0.1, 0.15) is 11.6 Å². The van der Waals surface area contributed by atoms with Crippen LogP contribution in [0.25, 0.3) is 10.9 Å². The maximum atomic E-state index is 12.0. The molecule has 2 unspecified atom stereocenters. The van der Waals surface area contributed by atoms with Crippen molar-refractivity contribution < 1.29 is 9.53 Å². The second-order valence-corrected chi connectivity index (χ2v) is 8.42. The zero-order valence-electron chi connectivity index (χ0n) is 16.6. The van der Waals surface area contributed by atoms with Gasteiger partial charge < -0.3 is 15.4 Å². The fraction of sp³-hybridized carbons (Fsp3) is 0.500. The van der Waals surface area contributed by atoms with E-state index >= 15 is 0 Å². The molecule has 9 heteroatoms. The standard InChI is InChI=1S/C20H25N7O2/c1-20(6-7-20)24-19(28)29-14-4-3-12(9-14)15-10-16(26-25-15)23-18-17-13(5-8-21-18)11-22-27(17)2/h5,8,10-12,14H,3-4,6-7,9H2,1-2H3,(H,24,28)(H2,21,23,25,26). The number of H-pyrrole nitrogens is 1. The molecule has 3 heterocycles. The number of pyridine rings is 1. The maximum Gasteiger partial charge on any atom is 0.407 e. The number of carbonyl (C=O) groups excluding carboxylic acids is 1. The van der Waals surface area contributed by atoms with E-state index in [1.165, 1.54) is 0 Å². The van der Waals surface area contributed by atoms with Crippen LogP contribution in [0.3, 0.4) is 0 Å². The molecule has 0 saturated heterocycles. The fourth-order valence-corrected chi connectivity index (χ4v) is 4.01. The number of aryl methyl sites for hydroxylation is 1. The topological polar surface area (TPSA) is 110 Å². The molecule has 5 rings (SSSR count). The Balaban J connectivity index is 1.22. The van der Waals surface area contributed by atoms with Crippen LogP contribution in [0, 0.1) is 0 Å². The van der Waals surface area contributed by atoms with E-state index in [-0.39, 0.29) is 17.7 Å². The summed E-state index contributed by atoms with van der Waals surface area (Å²) in [5, 5.41) is 19.1. The highest BCUT2D eigenvalue weighted by Crippen LogP contribution is 2.37. The summed E-state index contributed by atoms with van der Waals surface area (Å²) in [6, 6.07) is 3.94. The van der Waals surface area contributed by atoms with Crippen molar-refractivity contribution in [2.45, 2.75) is 56.6 Å². The molecule has 2 atom stereocenters. The largest absolute Gasteiger partial charge is 0.446 e. The zero-order valence-corrected chi connectivity index (χ0v) is 16.6. The van der Waals surface area contributed by atoms with E-state index < -0.39 is 0 Å². The van der Waals surface area contributed by atoms with Crippen LogP contribution >= 0.6 is 0 Å². The molecule has 2 saturated carbocycles. The number of nitrogens with one attached hydrogen (secondary N) is 3. The van der Waals surface area contributed by atoms with E-state index in [1.54, 1.807) is 10.9 Å². The van der Waals surface area contributed by atoms with Crippen molar-refractivity contribution >= 4 is 28.6 Å². The Morgan fingerprint density at radius 3 is 3.07 bits per heavy atom. The molecule has 152 valence electrons. The first-order valence-electron chi connectivity index (χ1n) is 10.1. The molecule has 2 aliphatic rings. The van der Waals surface area contributed by atoms with Crippen molar-refractivity contribution in [2.24, 2.45) is 7.05 Å². The molecule has 0 aliphatic heterocycles. The van der Waals surface area contributed by atoms with Crippen molar-refractivity contribution in [1.82, 2.24) is 30.3 Å². The van der Waals surface area contributed by atoms with E-state index in [2.05, 4.69) is 30.9 Å². The molecule has 9 nitrogen and oxygen atoms in total. The summed E-state index contributed by atoms with van der Waals surface area (Å²) in [5.74, 6) is 1.73. The van der Waals surface area contributed by atoms with Gasteiger partial charge in [-0.1, -0.05) is 0 Å². The molecule has 2 fully saturated rings. The number of aromatic nitrogens is 5. The van der Waals surface area contributed by atoms with Gasteiger partial charge in [0.25, 0.3) is 0 Å². The minimum atomic E-state index is -0.294. The number of ether oxygens (including phenoxy) is 1. The predicted molar refractivity (Wildman–Crippen MR) is 108 cm³/mol. The Kier molecular flexibility index (Phi) is 4.18. The summed E-state index contributed by atoms with van der Waals surface area (Å²) in [5.41, 5.74) is 1.93. The number of rotatable bonds is 5. The van der Waals surface area contributed by atoms with Crippen LogP contribution < -0.4 is 10.6 Å². The molecule has 0 radical (unpaired) electrons. The lowest BCUT2D eigenvalue weighted by atomic mass is 10.0. The Labute approximate surface area is 168 Å². The third-order valence-electron chi connectivity index (χ3n) is 6.00. The molecule has 3 N–H and O–H groups in total. The molecule has 0 aromatic carbocycles. The summed E-state index contributed by atoms with van der Waals surface area (Å²) < 4.78 is 7.41. The van der Waals surface area contributed by atoms with Crippen molar-refractivity contribution in [1.29, 1.82) is 0 Å². The first-order valence-corrected chi connectivity index (χ1v) is 10.1. The van der Waals surface area contributed by atoms with E-state index in [0.29, 0.717) is 11.7 Å². The van der Waals surface area contributed by atoms with Crippen molar-refractivity contribution in [3.8, 4) is 0 Å². The van der Waals surface area contributed by atoms with Gasteiger partial charge in [0.2, 0.25) is 0 Å². The monoisotopic (exact) mass is 395 g/mol. The highest BCUT2D eigenvalue weighted by molar-refractivity contribution is 5.89. The van der Waals surface area contributed by atoms with Crippen molar-refractivity contribution in [3.05, 3.63) is 30.2 Å². The molecule has 2 aliphatic carbocycles. The number of nitrogens with zero attached hydrogens (tertiary/aromatic N) is 4. The Bertz CT molecular complexity index is 1050. The lowest BCUT2D eigenvalue weighted by Crippen LogP contribution is -2.36. The number of hydrogen-bond donors (Lipinski definition) is 3. The highest BCUT2D eigenvalue weighted by atomic mass is 16.6. The molecule has 0 spiro atoms.